The van der Waals surface area contributed by atoms with Crippen molar-refractivity contribution in [2.75, 3.05) is 11.1 Å². The number of rotatable bonds is 7. The van der Waals surface area contributed by atoms with Crippen molar-refractivity contribution >= 4 is 34.7 Å². The molecule has 1 saturated carbocycles. The molecule has 158 valence electrons. The topological polar surface area (TPSA) is 59.8 Å². The van der Waals surface area contributed by atoms with Crippen LogP contribution in [0.5, 0.6) is 0 Å². The number of nitrogens with one attached hydrogen (secondary N) is 1. The second-order valence-electron chi connectivity index (χ2n) is 7.28. The first-order chi connectivity index (χ1) is 14.6. The highest BCUT2D eigenvalue weighted by Crippen LogP contribution is 2.33. The third-order valence-corrected chi connectivity index (χ3v) is 6.94. The average Bonchev–Trinajstić information content (AvgIpc) is 3.39. The first-order valence-electron chi connectivity index (χ1n) is 9.94. The molecule has 30 heavy (non-hydrogen) atoms. The van der Waals surface area contributed by atoms with Crippen LogP contribution in [0.15, 0.2) is 40.9 Å². The van der Waals surface area contributed by atoms with Crippen LogP contribution in [-0.2, 0) is 11.2 Å². The standard InChI is InChI=1S/C21H22F2N4OS2/c22-14-8-9-18(17(23)11-14)24-20(28)13-30-21-26-25-19(12-16-7-4-10-29-16)27(21)15-5-2-1-3-6-15/h4,7-11,15H,1-3,5-6,12-13H2,(H,24,28). The molecule has 1 amide bonds. The van der Waals surface area contributed by atoms with Gasteiger partial charge in [-0.3, -0.25) is 4.79 Å². The number of anilines is 1. The zero-order valence-electron chi connectivity index (χ0n) is 16.3. The smallest absolute Gasteiger partial charge is 0.234 e. The van der Waals surface area contributed by atoms with Crippen LogP contribution in [0.25, 0.3) is 0 Å². The van der Waals surface area contributed by atoms with Gasteiger partial charge in [-0.05, 0) is 36.4 Å². The summed E-state index contributed by atoms with van der Waals surface area (Å²) in [5.41, 5.74) is -0.0332. The highest BCUT2D eigenvalue weighted by Gasteiger charge is 2.24. The van der Waals surface area contributed by atoms with E-state index >= 15 is 0 Å². The lowest BCUT2D eigenvalue weighted by Gasteiger charge is -2.25. The van der Waals surface area contributed by atoms with Crippen molar-refractivity contribution in [1.29, 1.82) is 0 Å². The van der Waals surface area contributed by atoms with Crippen molar-refractivity contribution in [1.82, 2.24) is 14.8 Å². The lowest BCUT2D eigenvalue weighted by atomic mass is 9.95. The summed E-state index contributed by atoms with van der Waals surface area (Å²) in [4.78, 5) is 13.5. The Balaban J connectivity index is 1.47. The molecule has 4 rings (SSSR count). The molecule has 0 aliphatic heterocycles. The third-order valence-electron chi connectivity index (χ3n) is 5.13. The van der Waals surface area contributed by atoms with Gasteiger partial charge in [0, 0.05) is 23.4 Å². The predicted octanol–water partition coefficient (Wildman–Crippen LogP) is 5.44. The van der Waals surface area contributed by atoms with Crippen LogP contribution in [0.4, 0.5) is 14.5 Å². The van der Waals surface area contributed by atoms with Gasteiger partial charge in [0.1, 0.15) is 17.5 Å². The summed E-state index contributed by atoms with van der Waals surface area (Å²) in [6.07, 6.45) is 6.47. The molecule has 0 saturated heterocycles. The Hall–Kier alpha value is -2.26. The normalized spacial score (nSPS) is 14.7. The number of carbonyl (C=O) groups excluding carboxylic acids is 1. The van der Waals surface area contributed by atoms with Crippen LogP contribution in [0.2, 0.25) is 0 Å². The summed E-state index contributed by atoms with van der Waals surface area (Å²) in [6.45, 7) is 0. The molecule has 5 nitrogen and oxygen atoms in total. The van der Waals surface area contributed by atoms with Crippen molar-refractivity contribution in [3.05, 3.63) is 58.0 Å². The number of hydrogen-bond acceptors (Lipinski definition) is 5. The SMILES string of the molecule is O=C(CSc1nnc(Cc2cccs2)n1C1CCCCC1)Nc1ccc(F)cc1F. The minimum absolute atomic E-state index is 0.0332. The van der Waals surface area contributed by atoms with Crippen LogP contribution >= 0.6 is 23.1 Å². The Labute approximate surface area is 181 Å². The van der Waals surface area contributed by atoms with Crippen molar-refractivity contribution in [2.24, 2.45) is 0 Å². The van der Waals surface area contributed by atoms with Crippen LogP contribution in [0.1, 0.15) is 48.8 Å². The molecule has 1 aliphatic rings. The van der Waals surface area contributed by atoms with Gasteiger partial charge in [0.2, 0.25) is 5.91 Å². The Kier molecular flexibility index (Phi) is 6.79. The highest BCUT2D eigenvalue weighted by molar-refractivity contribution is 7.99. The summed E-state index contributed by atoms with van der Waals surface area (Å²) < 4.78 is 29.0. The van der Waals surface area contributed by atoms with Gasteiger partial charge in [0.05, 0.1) is 11.4 Å². The molecular weight excluding hydrogens is 426 g/mol. The quantitative estimate of drug-likeness (QED) is 0.489. The Bertz CT molecular complexity index is 1000. The van der Waals surface area contributed by atoms with Crippen LogP contribution in [0.3, 0.4) is 0 Å². The maximum Gasteiger partial charge on any atom is 0.234 e. The van der Waals surface area contributed by atoms with Crippen LogP contribution < -0.4 is 5.32 Å². The van der Waals surface area contributed by atoms with E-state index in [0.29, 0.717) is 17.6 Å². The Morgan fingerprint density at radius 3 is 2.77 bits per heavy atom. The minimum Gasteiger partial charge on any atom is -0.323 e. The number of nitrogens with zero attached hydrogens (tertiary/aromatic N) is 3. The van der Waals surface area contributed by atoms with Gasteiger partial charge in [-0.2, -0.15) is 0 Å². The molecule has 0 unspecified atom stereocenters. The fourth-order valence-electron chi connectivity index (χ4n) is 3.71. The van der Waals surface area contributed by atoms with Crippen molar-refractivity contribution in [3.8, 4) is 0 Å². The van der Waals surface area contributed by atoms with Crippen molar-refractivity contribution < 1.29 is 13.6 Å². The Morgan fingerprint density at radius 2 is 2.03 bits per heavy atom. The monoisotopic (exact) mass is 448 g/mol. The van der Waals surface area contributed by atoms with E-state index in [1.165, 1.54) is 42.0 Å². The number of carbonyl (C=O) groups is 1. The molecule has 9 heteroatoms. The summed E-state index contributed by atoms with van der Waals surface area (Å²) in [5, 5.41) is 14.0. The van der Waals surface area contributed by atoms with E-state index in [4.69, 9.17) is 0 Å². The molecule has 1 aliphatic carbocycles. The maximum atomic E-state index is 13.8. The van der Waals surface area contributed by atoms with Crippen molar-refractivity contribution in [2.45, 2.75) is 49.7 Å². The molecule has 1 N–H and O–H groups in total. The number of aromatic nitrogens is 3. The van der Waals surface area contributed by atoms with Gasteiger partial charge >= 0.3 is 0 Å². The number of thiophene rings is 1. The van der Waals surface area contributed by atoms with Crippen LogP contribution in [0, 0.1) is 11.6 Å². The first kappa shape index (κ1) is 21.0. The number of thioether (sulfide) groups is 1. The zero-order valence-corrected chi connectivity index (χ0v) is 17.9. The van der Waals surface area contributed by atoms with Gasteiger partial charge in [0.25, 0.3) is 0 Å². The third kappa shape index (κ3) is 5.07. The minimum atomic E-state index is -0.794. The van der Waals surface area contributed by atoms with E-state index in [-0.39, 0.29) is 17.3 Å². The molecule has 2 heterocycles. The number of benzene rings is 1. The molecule has 0 radical (unpaired) electrons. The number of amides is 1. The summed E-state index contributed by atoms with van der Waals surface area (Å²) in [5.74, 6) is -0.864. The number of hydrogen-bond donors (Lipinski definition) is 1. The van der Waals surface area contributed by atoms with E-state index in [2.05, 4.69) is 26.1 Å². The largest absolute Gasteiger partial charge is 0.323 e. The van der Waals surface area contributed by atoms with Gasteiger partial charge in [0.15, 0.2) is 5.16 Å². The molecule has 3 aromatic rings. The van der Waals surface area contributed by atoms with E-state index in [1.807, 2.05) is 11.4 Å². The molecule has 2 aromatic heterocycles. The maximum absolute atomic E-state index is 13.8. The highest BCUT2D eigenvalue weighted by atomic mass is 32.2. The zero-order chi connectivity index (χ0) is 20.9. The van der Waals surface area contributed by atoms with Gasteiger partial charge in [-0.1, -0.05) is 37.1 Å². The average molecular weight is 449 g/mol. The van der Waals surface area contributed by atoms with E-state index < -0.39 is 11.6 Å². The molecule has 1 fully saturated rings. The lowest BCUT2D eigenvalue weighted by Crippen LogP contribution is -2.18. The second-order valence-corrected chi connectivity index (χ2v) is 9.25. The summed E-state index contributed by atoms with van der Waals surface area (Å²) in [6, 6.07) is 7.53. The fourth-order valence-corrected chi connectivity index (χ4v) is 5.23. The fraction of sp³-hybridized carbons (Fsp3) is 0.381. The Morgan fingerprint density at radius 1 is 1.20 bits per heavy atom. The summed E-state index contributed by atoms with van der Waals surface area (Å²) >= 11 is 2.98. The molecule has 0 atom stereocenters. The second kappa shape index (κ2) is 9.70. The van der Waals surface area contributed by atoms with E-state index in [9.17, 15) is 13.6 Å². The van der Waals surface area contributed by atoms with Crippen LogP contribution in [-0.4, -0.2) is 26.4 Å². The lowest BCUT2D eigenvalue weighted by molar-refractivity contribution is -0.113. The molecular formula is C21H22F2N4OS2. The number of halogens is 2. The molecule has 1 aromatic carbocycles. The van der Waals surface area contributed by atoms with E-state index in [1.54, 1.807) is 11.3 Å². The first-order valence-corrected chi connectivity index (χ1v) is 11.8. The van der Waals surface area contributed by atoms with Gasteiger partial charge < -0.3 is 9.88 Å². The van der Waals surface area contributed by atoms with Crippen molar-refractivity contribution in [3.63, 3.8) is 0 Å². The summed E-state index contributed by atoms with van der Waals surface area (Å²) in [7, 11) is 0. The van der Waals surface area contributed by atoms with E-state index in [0.717, 1.165) is 30.8 Å². The predicted molar refractivity (Wildman–Crippen MR) is 115 cm³/mol. The molecule has 0 bridgehead atoms. The van der Waals surface area contributed by atoms with Gasteiger partial charge in [-0.15, -0.1) is 21.5 Å². The molecule has 0 spiro atoms. The van der Waals surface area contributed by atoms with Gasteiger partial charge in [-0.25, -0.2) is 8.78 Å².